The van der Waals surface area contributed by atoms with E-state index in [0.717, 1.165) is 12.1 Å². The number of benzene rings is 2. The van der Waals surface area contributed by atoms with Crippen LogP contribution in [0.1, 0.15) is 46.6 Å². The van der Waals surface area contributed by atoms with Gasteiger partial charge in [0.25, 0.3) is 0 Å². The lowest BCUT2D eigenvalue weighted by Gasteiger charge is -2.13. The summed E-state index contributed by atoms with van der Waals surface area (Å²) in [5.74, 6) is 0.477. The summed E-state index contributed by atoms with van der Waals surface area (Å²) >= 11 is 0. The molecule has 1 aliphatic rings. The van der Waals surface area contributed by atoms with Gasteiger partial charge in [-0.3, -0.25) is 0 Å². The van der Waals surface area contributed by atoms with Gasteiger partial charge >= 0.3 is 6.18 Å². The molecule has 1 fully saturated rings. The third-order valence-corrected chi connectivity index (χ3v) is 4.89. The predicted octanol–water partition coefficient (Wildman–Crippen LogP) is 4.65. The average Bonchev–Trinajstić information content (AvgIpc) is 3.30. The summed E-state index contributed by atoms with van der Waals surface area (Å²) in [4.78, 5) is 4.30. The summed E-state index contributed by atoms with van der Waals surface area (Å²) in [6.07, 6.45) is -3.73. The second kappa shape index (κ2) is 7.03. The van der Waals surface area contributed by atoms with E-state index in [0.29, 0.717) is 12.3 Å². The van der Waals surface area contributed by atoms with E-state index in [1.807, 2.05) is 6.92 Å². The number of aryl methyl sites for hydroxylation is 2. The standard InChI is InChI=1S/C20H19F3N4O/c1-11-6-7-15(12(2)8-11)16-10-17(26-25-16)19-24-18(27-28-19)13-4-3-5-14(9-13)20(21,22)23/h3-9,16-17,25-26H,10H2,1-2H3. The Balaban J connectivity index is 1.53. The van der Waals surface area contributed by atoms with Crippen molar-refractivity contribution in [2.24, 2.45) is 0 Å². The van der Waals surface area contributed by atoms with Crippen molar-refractivity contribution in [3.8, 4) is 11.4 Å². The zero-order valence-electron chi connectivity index (χ0n) is 15.3. The SMILES string of the molecule is Cc1ccc(C2CC(c3nc(-c4cccc(C(F)(F)F)c4)no3)NN2)c(C)c1. The lowest BCUT2D eigenvalue weighted by atomic mass is 9.96. The predicted molar refractivity (Wildman–Crippen MR) is 97.0 cm³/mol. The van der Waals surface area contributed by atoms with Crippen molar-refractivity contribution in [1.29, 1.82) is 0 Å². The minimum Gasteiger partial charge on any atom is -0.337 e. The highest BCUT2D eigenvalue weighted by Gasteiger charge is 2.32. The Morgan fingerprint density at radius 2 is 1.82 bits per heavy atom. The first-order chi connectivity index (χ1) is 13.3. The fourth-order valence-corrected chi connectivity index (χ4v) is 3.47. The first-order valence-corrected chi connectivity index (χ1v) is 8.91. The molecule has 0 saturated carbocycles. The van der Waals surface area contributed by atoms with Crippen LogP contribution in [0.15, 0.2) is 47.0 Å². The normalized spacial score (nSPS) is 19.9. The number of rotatable bonds is 3. The van der Waals surface area contributed by atoms with Gasteiger partial charge in [0.05, 0.1) is 5.56 Å². The van der Waals surface area contributed by atoms with Crippen molar-refractivity contribution < 1.29 is 17.7 Å². The van der Waals surface area contributed by atoms with Crippen LogP contribution in [-0.4, -0.2) is 10.1 Å². The summed E-state index contributed by atoms with van der Waals surface area (Å²) in [5, 5.41) is 3.86. The molecule has 2 N–H and O–H groups in total. The van der Waals surface area contributed by atoms with E-state index >= 15 is 0 Å². The van der Waals surface area contributed by atoms with Crippen LogP contribution in [0.5, 0.6) is 0 Å². The van der Waals surface area contributed by atoms with E-state index in [4.69, 9.17) is 4.52 Å². The lowest BCUT2D eigenvalue weighted by molar-refractivity contribution is -0.137. The van der Waals surface area contributed by atoms with Crippen LogP contribution < -0.4 is 10.9 Å². The van der Waals surface area contributed by atoms with Gasteiger partial charge in [-0.25, -0.2) is 10.9 Å². The molecule has 0 aliphatic carbocycles. The van der Waals surface area contributed by atoms with E-state index in [1.54, 1.807) is 0 Å². The fraction of sp³-hybridized carbons (Fsp3) is 0.300. The van der Waals surface area contributed by atoms with Gasteiger partial charge in [-0.1, -0.05) is 41.1 Å². The maximum Gasteiger partial charge on any atom is 0.416 e. The largest absolute Gasteiger partial charge is 0.416 e. The van der Waals surface area contributed by atoms with Gasteiger partial charge in [-0.15, -0.1) is 0 Å². The summed E-state index contributed by atoms with van der Waals surface area (Å²) in [6.45, 7) is 4.11. The minimum absolute atomic E-state index is 0.0782. The van der Waals surface area contributed by atoms with Crippen LogP contribution in [0.3, 0.4) is 0 Å². The van der Waals surface area contributed by atoms with Crippen LogP contribution in [0.4, 0.5) is 13.2 Å². The molecule has 2 heterocycles. The van der Waals surface area contributed by atoms with Crippen molar-refractivity contribution in [1.82, 2.24) is 21.0 Å². The summed E-state index contributed by atoms with van der Waals surface area (Å²) in [5.41, 5.74) is 9.46. The topological polar surface area (TPSA) is 63.0 Å². The number of alkyl halides is 3. The van der Waals surface area contributed by atoms with Crippen molar-refractivity contribution >= 4 is 0 Å². The Labute approximate surface area is 159 Å². The Kier molecular flexibility index (Phi) is 4.68. The summed E-state index contributed by atoms with van der Waals surface area (Å²) in [6, 6.07) is 11.0. The average molecular weight is 388 g/mol. The maximum absolute atomic E-state index is 12.9. The van der Waals surface area contributed by atoms with E-state index in [-0.39, 0.29) is 23.5 Å². The molecular formula is C20H19F3N4O. The first kappa shape index (κ1) is 18.6. The third-order valence-electron chi connectivity index (χ3n) is 4.89. The molecule has 0 radical (unpaired) electrons. The van der Waals surface area contributed by atoms with Crippen molar-refractivity contribution in [3.05, 3.63) is 70.6 Å². The molecule has 28 heavy (non-hydrogen) atoms. The molecule has 1 aliphatic heterocycles. The van der Waals surface area contributed by atoms with E-state index in [1.165, 1.54) is 28.8 Å². The molecule has 1 aromatic heterocycles. The van der Waals surface area contributed by atoms with Crippen LogP contribution in [0, 0.1) is 13.8 Å². The molecule has 2 aromatic carbocycles. The Hall–Kier alpha value is -2.71. The van der Waals surface area contributed by atoms with E-state index in [9.17, 15) is 13.2 Å². The highest BCUT2D eigenvalue weighted by Crippen LogP contribution is 2.34. The van der Waals surface area contributed by atoms with Crippen molar-refractivity contribution in [2.45, 2.75) is 38.5 Å². The van der Waals surface area contributed by atoms with Crippen LogP contribution in [-0.2, 0) is 6.18 Å². The highest BCUT2D eigenvalue weighted by atomic mass is 19.4. The number of nitrogens with zero attached hydrogens (tertiary/aromatic N) is 2. The first-order valence-electron chi connectivity index (χ1n) is 8.91. The molecule has 4 rings (SSSR count). The summed E-state index contributed by atoms with van der Waals surface area (Å²) in [7, 11) is 0. The van der Waals surface area contributed by atoms with E-state index < -0.39 is 11.7 Å². The molecule has 0 spiro atoms. The van der Waals surface area contributed by atoms with Crippen LogP contribution in [0.2, 0.25) is 0 Å². The van der Waals surface area contributed by atoms with Gasteiger partial charge in [-0.2, -0.15) is 18.2 Å². The Morgan fingerprint density at radius 1 is 1.04 bits per heavy atom. The molecule has 0 amide bonds. The smallest absolute Gasteiger partial charge is 0.337 e. The van der Waals surface area contributed by atoms with Gasteiger partial charge in [0.1, 0.15) is 6.04 Å². The molecule has 5 nitrogen and oxygen atoms in total. The molecule has 2 unspecified atom stereocenters. The molecule has 2 atom stereocenters. The van der Waals surface area contributed by atoms with Crippen molar-refractivity contribution in [3.63, 3.8) is 0 Å². The number of hydrazine groups is 1. The number of hydrogen-bond donors (Lipinski definition) is 2. The minimum atomic E-state index is -4.42. The van der Waals surface area contributed by atoms with Gasteiger partial charge < -0.3 is 4.52 Å². The lowest BCUT2D eigenvalue weighted by Crippen LogP contribution is -2.27. The zero-order chi connectivity index (χ0) is 19.9. The van der Waals surface area contributed by atoms with Gasteiger partial charge in [0.2, 0.25) is 11.7 Å². The van der Waals surface area contributed by atoms with Gasteiger partial charge in [-0.05, 0) is 43.5 Å². The van der Waals surface area contributed by atoms with Crippen molar-refractivity contribution in [2.75, 3.05) is 0 Å². The molecular weight excluding hydrogens is 369 g/mol. The maximum atomic E-state index is 12.9. The monoisotopic (exact) mass is 388 g/mol. The van der Waals surface area contributed by atoms with Gasteiger partial charge in [0, 0.05) is 11.6 Å². The number of nitrogens with one attached hydrogen (secondary N) is 2. The molecule has 1 saturated heterocycles. The Morgan fingerprint density at radius 3 is 2.57 bits per heavy atom. The third kappa shape index (κ3) is 3.65. The zero-order valence-corrected chi connectivity index (χ0v) is 15.3. The quantitative estimate of drug-likeness (QED) is 0.684. The second-order valence-corrected chi connectivity index (χ2v) is 7.02. The number of hydrogen-bond acceptors (Lipinski definition) is 5. The highest BCUT2D eigenvalue weighted by molar-refractivity contribution is 5.55. The summed E-state index contributed by atoms with van der Waals surface area (Å²) < 4.78 is 44.1. The molecule has 3 aromatic rings. The fourth-order valence-electron chi connectivity index (χ4n) is 3.47. The molecule has 0 bridgehead atoms. The number of aromatic nitrogens is 2. The molecule has 8 heteroatoms. The van der Waals surface area contributed by atoms with Gasteiger partial charge in [0.15, 0.2) is 0 Å². The van der Waals surface area contributed by atoms with Crippen LogP contribution >= 0.6 is 0 Å². The number of halogens is 3. The second-order valence-electron chi connectivity index (χ2n) is 7.02. The molecule has 146 valence electrons. The van der Waals surface area contributed by atoms with E-state index in [2.05, 4.69) is 46.1 Å². The van der Waals surface area contributed by atoms with Crippen LogP contribution in [0.25, 0.3) is 11.4 Å². The Bertz CT molecular complexity index is 999.